The lowest BCUT2D eigenvalue weighted by atomic mass is 10.2. The SMILES string of the molecule is CC(=O)N1CCCN([C@H]2CN(S(=O)(=O)c3ccccc3)C[C@@H]2O)CC1. The maximum atomic E-state index is 12.8. The predicted molar refractivity (Wildman–Crippen MR) is 93.4 cm³/mol. The molecule has 1 amide bonds. The molecule has 2 saturated heterocycles. The van der Waals surface area contributed by atoms with Gasteiger partial charge in [-0.3, -0.25) is 9.69 Å². The Hall–Kier alpha value is -1.48. The molecule has 1 N–H and O–H groups in total. The largest absolute Gasteiger partial charge is 0.390 e. The van der Waals surface area contributed by atoms with Crippen molar-refractivity contribution in [2.24, 2.45) is 0 Å². The van der Waals surface area contributed by atoms with E-state index < -0.39 is 16.1 Å². The zero-order chi connectivity index (χ0) is 18.0. The maximum absolute atomic E-state index is 12.8. The van der Waals surface area contributed by atoms with Crippen molar-refractivity contribution >= 4 is 15.9 Å². The van der Waals surface area contributed by atoms with E-state index in [1.165, 1.54) is 4.31 Å². The Balaban J connectivity index is 1.70. The number of sulfonamides is 1. The first-order valence-corrected chi connectivity index (χ1v) is 10.1. The van der Waals surface area contributed by atoms with E-state index in [-0.39, 0.29) is 29.9 Å². The number of hydrogen-bond donors (Lipinski definition) is 1. The van der Waals surface area contributed by atoms with Gasteiger partial charge < -0.3 is 10.0 Å². The van der Waals surface area contributed by atoms with Crippen LogP contribution in [0.25, 0.3) is 0 Å². The third-order valence-electron chi connectivity index (χ3n) is 5.05. The van der Waals surface area contributed by atoms with Crippen LogP contribution in [0.4, 0.5) is 0 Å². The van der Waals surface area contributed by atoms with Gasteiger partial charge in [-0.15, -0.1) is 0 Å². The number of benzene rings is 1. The van der Waals surface area contributed by atoms with Crippen LogP contribution in [-0.4, -0.2) is 85.0 Å². The molecule has 7 nitrogen and oxygen atoms in total. The van der Waals surface area contributed by atoms with E-state index in [4.69, 9.17) is 0 Å². The molecule has 2 atom stereocenters. The van der Waals surface area contributed by atoms with Crippen molar-refractivity contribution in [3.8, 4) is 0 Å². The van der Waals surface area contributed by atoms with E-state index in [2.05, 4.69) is 4.90 Å². The Morgan fingerprint density at radius 2 is 1.80 bits per heavy atom. The maximum Gasteiger partial charge on any atom is 0.243 e. The van der Waals surface area contributed by atoms with Crippen LogP contribution in [0.5, 0.6) is 0 Å². The van der Waals surface area contributed by atoms with Gasteiger partial charge in [0.1, 0.15) is 0 Å². The molecular formula is C17H25N3O4S. The number of carbonyl (C=O) groups is 1. The lowest BCUT2D eigenvalue weighted by molar-refractivity contribution is -0.128. The highest BCUT2D eigenvalue weighted by molar-refractivity contribution is 7.89. The summed E-state index contributed by atoms with van der Waals surface area (Å²) < 4.78 is 26.9. The van der Waals surface area contributed by atoms with Crippen LogP contribution in [0.3, 0.4) is 0 Å². The quantitative estimate of drug-likeness (QED) is 0.812. The molecule has 2 aliphatic rings. The molecule has 0 spiro atoms. The number of aliphatic hydroxyl groups is 1. The van der Waals surface area contributed by atoms with Crippen molar-refractivity contribution in [3.05, 3.63) is 30.3 Å². The molecule has 138 valence electrons. The standard InChI is InChI=1S/C17H25N3O4S/c1-14(21)18-8-5-9-19(11-10-18)16-12-20(13-17(16)22)25(23,24)15-6-3-2-4-7-15/h2-4,6-7,16-17,22H,5,8-13H2,1H3/t16-,17-/m0/s1. The zero-order valence-electron chi connectivity index (χ0n) is 14.4. The van der Waals surface area contributed by atoms with E-state index in [0.29, 0.717) is 19.6 Å². The molecular weight excluding hydrogens is 342 g/mol. The van der Waals surface area contributed by atoms with Gasteiger partial charge in [0.15, 0.2) is 0 Å². The molecule has 25 heavy (non-hydrogen) atoms. The van der Waals surface area contributed by atoms with Gasteiger partial charge in [-0.05, 0) is 18.6 Å². The topological polar surface area (TPSA) is 81.2 Å². The summed E-state index contributed by atoms with van der Waals surface area (Å²) in [5.74, 6) is 0.0575. The van der Waals surface area contributed by atoms with E-state index >= 15 is 0 Å². The second-order valence-corrected chi connectivity index (χ2v) is 8.60. The minimum Gasteiger partial charge on any atom is -0.390 e. The van der Waals surface area contributed by atoms with Gasteiger partial charge in [-0.1, -0.05) is 18.2 Å². The molecule has 0 aliphatic carbocycles. The lowest BCUT2D eigenvalue weighted by Crippen LogP contribution is -2.45. The molecule has 2 heterocycles. The Kier molecular flexibility index (Phi) is 5.43. The van der Waals surface area contributed by atoms with Crippen molar-refractivity contribution in [2.45, 2.75) is 30.4 Å². The second-order valence-electron chi connectivity index (χ2n) is 6.67. The van der Waals surface area contributed by atoms with Crippen LogP contribution < -0.4 is 0 Å². The highest BCUT2D eigenvalue weighted by Crippen LogP contribution is 2.24. The Labute approximate surface area is 148 Å². The Morgan fingerprint density at radius 1 is 1.08 bits per heavy atom. The fourth-order valence-electron chi connectivity index (χ4n) is 3.62. The summed E-state index contributed by atoms with van der Waals surface area (Å²) in [4.78, 5) is 15.7. The number of β-amino-alcohol motifs (C(OH)–C–C–N with tert-alkyl or cyclic N) is 1. The van der Waals surface area contributed by atoms with E-state index in [9.17, 15) is 18.3 Å². The number of aliphatic hydroxyl groups excluding tert-OH is 1. The van der Waals surface area contributed by atoms with Gasteiger partial charge in [0.05, 0.1) is 17.0 Å². The highest BCUT2D eigenvalue weighted by Gasteiger charge is 2.41. The average molecular weight is 367 g/mol. The fourth-order valence-corrected chi connectivity index (χ4v) is 5.11. The van der Waals surface area contributed by atoms with Gasteiger partial charge in [0.2, 0.25) is 15.9 Å². The van der Waals surface area contributed by atoms with Crippen LogP contribution in [0.15, 0.2) is 35.2 Å². The van der Waals surface area contributed by atoms with Crippen molar-refractivity contribution in [3.63, 3.8) is 0 Å². The molecule has 1 aromatic rings. The summed E-state index contributed by atoms with van der Waals surface area (Å²) in [6, 6.07) is 8.09. The zero-order valence-corrected chi connectivity index (χ0v) is 15.2. The summed E-state index contributed by atoms with van der Waals surface area (Å²) in [6.07, 6.45) is 0.108. The third kappa shape index (κ3) is 3.87. The van der Waals surface area contributed by atoms with Gasteiger partial charge in [0.25, 0.3) is 0 Å². The number of carbonyl (C=O) groups excluding carboxylic acids is 1. The monoisotopic (exact) mass is 367 g/mol. The first-order chi connectivity index (χ1) is 11.9. The van der Waals surface area contributed by atoms with Gasteiger partial charge in [0, 0.05) is 46.2 Å². The first-order valence-electron chi connectivity index (χ1n) is 8.62. The first kappa shape index (κ1) is 18.3. The van der Waals surface area contributed by atoms with E-state index in [0.717, 1.165) is 13.0 Å². The minimum atomic E-state index is -3.59. The normalized spacial score (nSPS) is 26.6. The molecule has 0 aromatic heterocycles. The van der Waals surface area contributed by atoms with Crippen molar-refractivity contribution < 1.29 is 18.3 Å². The highest BCUT2D eigenvalue weighted by atomic mass is 32.2. The predicted octanol–water partition coefficient (Wildman–Crippen LogP) is -0.0254. The van der Waals surface area contributed by atoms with Crippen LogP contribution >= 0.6 is 0 Å². The fraction of sp³-hybridized carbons (Fsp3) is 0.588. The van der Waals surface area contributed by atoms with Crippen molar-refractivity contribution in [1.29, 1.82) is 0 Å². The summed E-state index contributed by atoms with van der Waals surface area (Å²) in [6.45, 7) is 4.68. The molecule has 1 aromatic carbocycles. The Bertz CT molecular complexity index is 710. The summed E-state index contributed by atoms with van der Waals surface area (Å²) in [7, 11) is -3.59. The molecule has 0 radical (unpaired) electrons. The van der Waals surface area contributed by atoms with Gasteiger partial charge in [-0.25, -0.2) is 8.42 Å². The summed E-state index contributed by atoms with van der Waals surface area (Å²) in [5, 5.41) is 10.5. The molecule has 8 heteroatoms. The van der Waals surface area contributed by atoms with Crippen molar-refractivity contribution in [2.75, 3.05) is 39.3 Å². The van der Waals surface area contributed by atoms with E-state index in [1.54, 1.807) is 42.2 Å². The number of amides is 1. The van der Waals surface area contributed by atoms with E-state index in [1.807, 2.05) is 0 Å². The minimum absolute atomic E-state index is 0.0575. The van der Waals surface area contributed by atoms with Gasteiger partial charge >= 0.3 is 0 Å². The lowest BCUT2D eigenvalue weighted by Gasteiger charge is -2.29. The summed E-state index contributed by atoms with van der Waals surface area (Å²) >= 11 is 0. The van der Waals surface area contributed by atoms with Crippen LogP contribution in [0, 0.1) is 0 Å². The molecule has 3 rings (SSSR count). The van der Waals surface area contributed by atoms with Crippen molar-refractivity contribution in [1.82, 2.24) is 14.1 Å². The second kappa shape index (κ2) is 7.41. The third-order valence-corrected chi connectivity index (χ3v) is 6.90. The molecule has 0 unspecified atom stereocenters. The number of nitrogens with zero attached hydrogens (tertiary/aromatic N) is 3. The molecule has 2 fully saturated rings. The van der Waals surface area contributed by atoms with Crippen LogP contribution in [0.2, 0.25) is 0 Å². The molecule has 0 saturated carbocycles. The Morgan fingerprint density at radius 3 is 2.48 bits per heavy atom. The molecule has 0 bridgehead atoms. The smallest absolute Gasteiger partial charge is 0.243 e. The van der Waals surface area contributed by atoms with Crippen LogP contribution in [-0.2, 0) is 14.8 Å². The average Bonchev–Trinajstić information content (AvgIpc) is 2.83. The number of rotatable bonds is 3. The van der Waals surface area contributed by atoms with Gasteiger partial charge in [-0.2, -0.15) is 4.31 Å². The van der Waals surface area contributed by atoms with Crippen LogP contribution in [0.1, 0.15) is 13.3 Å². The molecule has 2 aliphatic heterocycles. The summed E-state index contributed by atoms with van der Waals surface area (Å²) in [5.41, 5.74) is 0. The number of hydrogen-bond acceptors (Lipinski definition) is 5.